The molecule has 0 aliphatic carbocycles. The van der Waals surface area contributed by atoms with Crippen molar-refractivity contribution in [2.75, 3.05) is 7.11 Å². The van der Waals surface area contributed by atoms with E-state index in [-0.39, 0.29) is 30.5 Å². The van der Waals surface area contributed by atoms with Gasteiger partial charge in [0.2, 0.25) is 0 Å². The standard InChI is InChI=1S/C23H26N2O5S/c1-14(2)20-24-21-18(22(27)25(20)12-8-11-17(26)29-4)15(3)19(31-21)23(28)30-13-16-9-6-5-7-10-16/h5-7,9-10,14H,8,11-13H2,1-4H3. The number of methoxy groups -OCH3 is 1. The molecule has 8 heteroatoms. The molecule has 0 atom stereocenters. The summed E-state index contributed by atoms with van der Waals surface area (Å²) in [5.41, 5.74) is 1.27. The number of aromatic nitrogens is 2. The normalized spacial score (nSPS) is 11.1. The monoisotopic (exact) mass is 442 g/mol. The third-order valence-corrected chi connectivity index (χ3v) is 6.15. The highest BCUT2D eigenvalue weighted by atomic mass is 32.1. The van der Waals surface area contributed by atoms with Crippen molar-refractivity contribution in [1.82, 2.24) is 9.55 Å². The van der Waals surface area contributed by atoms with Gasteiger partial charge in [-0.1, -0.05) is 44.2 Å². The first-order valence-electron chi connectivity index (χ1n) is 10.1. The van der Waals surface area contributed by atoms with E-state index < -0.39 is 5.97 Å². The van der Waals surface area contributed by atoms with Crippen molar-refractivity contribution in [1.29, 1.82) is 0 Å². The van der Waals surface area contributed by atoms with Gasteiger partial charge in [-0.3, -0.25) is 14.2 Å². The van der Waals surface area contributed by atoms with Crippen LogP contribution in [0.1, 0.15) is 59.2 Å². The Morgan fingerprint density at radius 3 is 2.55 bits per heavy atom. The number of aryl methyl sites for hydroxylation is 1. The lowest BCUT2D eigenvalue weighted by molar-refractivity contribution is -0.140. The Hall–Kier alpha value is -3.00. The van der Waals surface area contributed by atoms with Crippen molar-refractivity contribution < 1.29 is 19.1 Å². The van der Waals surface area contributed by atoms with E-state index in [4.69, 9.17) is 9.72 Å². The van der Waals surface area contributed by atoms with E-state index in [0.717, 1.165) is 5.56 Å². The van der Waals surface area contributed by atoms with Crippen molar-refractivity contribution in [3.05, 3.63) is 62.5 Å². The lowest BCUT2D eigenvalue weighted by Crippen LogP contribution is -2.26. The third kappa shape index (κ3) is 5.02. The van der Waals surface area contributed by atoms with Gasteiger partial charge < -0.3 is 9.47 Å². The van der Waals surface area contributed by atoms with E-state index in [1.165, 1.54) is 18.4 Å². The van der Waals surface area contributed by atoms with Crippen LogP contribution in [0.3, 0.4) is 0 Å². The second-order valence-corrected chi connectivity index (χ2v) is 8.56. The first kappa shape index (κ1) is 22.7. The average Bonchev–Trinajstić information content (AvgIpc) is 3.10. The Labute approximate surface area is 184 Å². The molecule has 0 saturated carbocycles. The van der Waals surface area contributed by atoms with Crippen molar-refractivity contribution in [2.24, 2.45) is 0 Å². The molecule has 0 N–H and O–H groups in total. The van der Waals surface area contributed by atoms with Gasteiger partial charge in [0.1, 0.15) is 22.1 Å². The Morgan fingerprint density at radius 1 is 1.19 bits per heavy atom. The van der Waals surface area contributed by atoms with Crippen LogP contribution in [-0.4, -0.2) is 28.6 Å². The predicted molar refractivity (Wildman–Crippen MR) is 120 cm³/mol. The molecular formula is C23H26N2O5S. The van der Waals surface area contributed by atoms with E-state index in [1.54, 1.807) is 11.5 Å². The fourth-order valence-corrected chi connectivity index (χ4v) is 4.43. The molecule has 164 valence electrons. The van der Waals surface area contributed by atoms with Crippen LogP contribution in [0, 0.1) is 6.92 Å². The zero-order chi connectivity index (χ0) is 22.5. The topological polar surface area (TPSA) is 87.5 Å². The van der Waals surface area contributed by atoms with Gasteiger partial charge in [-0.25, -0.2) is 9.78 Å². The number of thiophene rings is 1. The van der Waals surface area contributed by atoms with E-state index in [0.29, 0.717) is 39.4 Å². The molecule has 0 bridgehead atoms. The number of nitrogens with zero attached hydrogens (tertiary/aromatic N) is 2. The molecule has 0 unspecified atom stereocenters. The number of carbonyl (C=O) groups is 2. The highest BCUT2D eigenvalue weighted by Crippen LogP contribution is 2.29. The van der Waals surface area contributed by atoms with E-state index in [1.807, 2.05) is 44.2 Å². The first-order chi connectivity index (χ1) is 14.8. The summed E-state index contributed by atoms with van der Waals surface area (Å²) >= 11 is 1.18. The number of fused-ring (bicyclic) bond motifs is 1. The Kier molecular flexibility index (Phi) is 7.22. The molecule has 0 aliphatic heterocycles. The Balaban J connectivity index is 1.93. The van der Waals surface area contributed by atoms with Gasteiger partial charge in [-0.15, -0.1) is 11.3 Å². The molecule has 0 spiro atoms. The third-order valence-electron chi connectivity index (χ3n) is 4.98. The number of ether oxygens (including phenoxy) is 2. The van der Waals surface area contributed by atoms with Gasteiger partial charge in [0, 0.05) is 18.9 Å². The second kappa shape index (κ2) is 9.87. The zero-order valence-corrected chi connectivity index (χ0v) is 19.0. The van der Waals surface area contributed by atoms with Crippen molar-refractivity contribution in [3.8, 4) is 0 Å². The second-order valence-electron chi connectivity index (χ2n) is 7.56. The highest BCUT2D eigenvalue weighted by molar-refractivity contribution is 7.20. The number of carbonyl (C=O) groups excluding carboxylic acids is 2. The van der Waals surface area contributed by atoms with Gasteiger partial charge in [0.15, 0.2) is 0 Å². The van der Waals surface area contributed by atoms with Gasteiger partial charge in [-0.2, -0.15) is 0 Å². The summed E-state index contributed by atoms with van der Waals surface area (Å²) in [5, 5.41) is 0.430. The summed E-state index contributed by atoms with van der Waals surface area (Å²) in [6, 6.07) is 9.43. The SMILES string of the molecule is COC(=O)CCCn1c(C(C)C)nc2sc(C(=O)OCc3ccccc3)c(C)c2c1=O. The van der Waals surface area contributed by atoms with Gasteiger partial charge in [0.25, 0.3) is 5.56 Å². The van der Waals surface area contributed by atoms with Crippen molar-refractivity contribution >= 4 is 33.5 Å². The van der Waals surface area contributed by atoms with Crippen LogP contribution in [0.25, 0.3) is 10.2 Å². The number of hydrogen-bond donors (Lipinski definition) is 0. The van der Waals surface area contributed by atoms with Crippen molar-refractivity contribution in [2.45, 2.75) is 52.7 Å². The lowest BCUT2D eigenvalue weighted by atomic mass is 10.1. The summed E-state index contributed by atoms with van der Waals surface area (Å²) < 4.78 is 11.7. The summed E-state index contributed by atoms with van der Waals surface area (Å²) in [6.07, 6.45) is 0.687. The molecule has 0 radical (unpaired) electrons. The molecule has 0 fully saturated rings. The minimum atomic E-state index is -0.466. The van der Waals surface area contributed by atoms with Crippen LogP contribution in [0.2, 0.25) is 0 Å². The smallest absolute Gasteiger partial charge is 0.349 e. The molecule has 0 saturated heterocycles. The van der Waals surface area contributed by atoms with Gasteiger partial charge in [0.05, 0.1) is 12.5 Å². The maximum atomic E-state index is 13.3. The fraction of sp³-hybridized carbons (Fsp3) is 0.391. The van der Waals surface area contributed by atoms with E-state index in [2.05, 4.69) is 4.74 Å². The first-order valence-corrected chi connectivity index (χ1v) is 11.0. The molecule has 3 rings (SSSR count). The quantitative estimate of drug-likeness (QED) is 0.486. The zero-order valence-electron chi connectivity index (χ0n) is 18.1. The molecule has 31 heavy (non-hydrogen) atoms. The Morgan fingerprint density at radius 2 is 1.90 bits per heavy atom. The lowest BCUT2D eigenvalue weighted by Gasteiger charge is -2.14. The minimum Gasteiger partial charge on any atom is -0.469 e. The van der Waals surface area contributed by atoms with Crippen molar-refractivity contribution in [3.63, 3.8) is 0 Å². The molecule has 3 aromatic rings. The minimum absolute atomic E-state index is 0.00566. The Bertz CT molecular complexity index is 1150. The van der Waals surface area contributed by atoms with Crippen LogP contribution < -0.4 is 5.56 Å². The summed E-state index contributed by atoms with van der Waals surface area (Å²) in [5.74, 6) is -0.144. The number of rotatable bonds is 8. The van der Waals surface area contributed by atoms with Crippen LogP contribution in [0.4, 0.5) is 0 Å². The van der Waals surface area contributed by atoms with Crippen LogP contribution in [0.15, 0.2) is 35.1 Å². The predicted octanol–water partition coefficient (Wildman–Crippen LogP) is 4.20. The van der Waals surface area contributed by atoms with E-state index in [9.17, 15) is 14.4 Å². The number of hydrogen-bond acceptors (Lipinski definition) is 7. The maximum absolute atomic E-state index is 13.3. The van der Waals surface area contributed by atoms with Gasteiger partial charge in [-0.05, 0) is 24.5 Å². The van der Waals surface area contributed by atoms with E-state index >= 15 is 0 Å². The fourth-order valence-electron chi connectivity index (χ4n) is 3.36. The molecule has 0 amide bonds. The van der Waals surface area contributed by atoms with Gasteiger partial charge >= 0.3 is 11.9 Å². The van der Waals surface area contributed by atoms with Crippen LogP contribution >= 0.6 is 11.3 Å². The average molecular weight is 443 g/mol. The molecule has 7 nitrogen and oxygen atoms in total. The number of benzene rings is 1. The molecular weight excluding hydrogens is 416 g/mol. The summed E-state index contributed by atoms with van der Waals surface area (Å²) in [4.78, 5) is 43.0. The van der Waals surface area contributed by atoms with Crippen LogP contribution in [-0.2, 0) is 27.4 Å². The molecule has 1 aromatic carbocycles. The molecule has 2 heterocycles. The number of esters is 2. The summed E-state index contributed by atoms with van der Waals surface area (Å²) in [7, 11) is 1.34. The largest absolute Gasteiger partial charge is 0.469 e. The highest BCUT2D eigenvalue weighted by Gasteiger charge is 2.23. The maximum Gasteiger partial charge on any atom is 0.349 e. The molecule has 0 aliphatic rings. The molecule has 2 aromatic heterocycles. The van der Waals surface area contributed by atoms with Crippen LogP contribution in [0.5, 0.6) is 0 Å². The summed E-state index contributed by atoms with van der Waals surface area (Å²) in [6.45, 7) is 6.18.